The molecule has 1 N–H and O–H groups in total. The number of halogens is 1. The van der Waals surface area contributed by atoms with Gasteiger partial charge in [0.25, 0.3) is 5.91 Å². The number of nitriles is 1. The Morgan fingerprint density at radius 2 is 2.00 bits per heavy atom. The molecule has 0 unspecified atom stereocenters. The Morgan fingerprint density at radius 3 is 2.67 bits per heavy atom. The third kappa shape index (κ3) is 8.76. The zero-order chi connectivity index (χ0) is 21.8. The second-order valence-electron chi connectivity index (χ2n) is 7.06. The molecular formula is C23H27BrN4O2. The number of nitrogens with one attached hydrogen (secondary N) is 1. The lowest BCUT2D eigenvalue weighted by Crippen LogP contribution is -2.25. The van der Waals surface area contributed by atoms with Crippen molar-refractivity contribution in [2.75, 3.05) is 33.8 Å². The van der Waals surface area contributed by atoms with Gasteiger partial charge in [0.05, 0.1) is 5.69 Å². The molecule has 0 aliphatic carbocycles. The molecule has 30 heavy (non-hydrogen) atoms. The predicted molar refractivity (Wildman–Crippen MR) is 122 cm³/mol. The van der Waals surface area contributed by atoms with Gasteiger partial charge < -0.3 is 15.0 Å². The molecule has 1 heterocycles. The molecule has 2 aromatic rings. The molecule has 0 aliphatic rings. The topological polar surface area (TPSA) is 78.2 Å². The van der Waals surface area contributed by atoms with E-state index in [4.69, 9.17) is 4.74 Å². The Balaban J connectivity index is 1.70. The van der Waals surface area contributed by atoms with E-state index in [0.717, 1.165) is 31.6 Å². The largest absolute Gasteiger partial charge is 0.492 e. The highest BCUT2D eigenvalue weighted by Gasteiger charge is 2.09. The smallest absolute Gasteiger partial charge is 0.262 e. The normalized spacial score (nSPS) is 11.2. The van der Waals surface area contributed by atoms with Crippen molar-refractivity contribution < 1.29 is 9.53 Å². The van der Waals surface area contributed by atoms with Crippen LogP contribution in [0.15, 0.2) is 52.6 Å². The van der Waals surface area contributed by atoms with Crippen LogP contribution in [0.2, 0.25) is 0 Å². The molecule has 1 aromatic carbocycles. The number of carbonyl (C=O) groups is 1. The van der Waals surface area contributed by atoms with Crippen molar-refractivity contribution in [1.29, 1.82) is 5.26 Å². The lowest BCUT2D eigenvalue weighted by Gasteiger charge is -2.11. The molecule has 6 nitrogen and oxygen atoms in total. The zero-order valence-electron chi connectivity index (χ0n) is 17.4. The summed E-state index contributed by atoms with van der Waals surface area (Å²) in [5.41, 5.74) is 1.84. The minimum absolute atomic E-state index is 0.0467. The van der Waals surface area contributed by atoms with Crippen LogP contribution in [0.4, 0.5) is 0 Å². The highest BCUT2D eigenvalue weighted by Crippen LogP contribution is 2.14. The quantitative estimate of drug-likeness (QED) is 0.233. The van der Waals surface area contributed by atoms with Gasteiger partial charge in [-0.1, -0.05) is 18.2 Å². The first-order chi connectivity index (χ1) is 14.5. The summed E-state index contributed by atoms with van der Waals surface area (Å²) in [6, 6.07) is 15.4. The average Bonchev–Trinajstić information content (AvgIpc) is 2.72. The number of hydrogen-bond acceptors (Lipinski definition) is 5. The number of rotatable bonds is 11. The Morgan fingerprint density at radius 1 is 1.23 bits per heavy atom. The van der Waals surface area contributed by atoms with E-state index >= 15 is 0 Å². The summed E-state index contributed by atoms with van der Waals surface area (Å²) < 4.78 is 6.35. The molecular weight excluding hydrogens is 444 g/mol. The summed E-state index contributed by atoms with van der Waals surface area (Å²) in [5.74, 6) is 0.502. The second kappa shape index (κ2) is 12.8. The van der Waals surface area contributed by atoms with Crippen molar-refractivity contribution in [1.82, 2.24) is 15.2 Å². The lowest BCUT2D eigenvalue weighted by atomic mass is 10.1. The van der Waals surface area contributed by atoms with Gasteiger partial charge in [-0.2, -0.15) is 5.26 Å². The van der Waals surface area contributed by atoms with Crippen LogP contribution in [0.3, 0.4) is 0 Å². The number of ether oxygens (including phenoxy) is 1. The van der Waals surface area contributed by atoms with Gasteiger partial charge in [0, 0.05) is 13.1 Å². The van der Waals surface area contributed by atoms with Crippen LogP contribution in [-0.4, -0.2) is 49.6 Å². The molecule has 1 aromatic heterocycles. The van der Waals surface area contributed by atoms with Crippen molar-refractivity contribution in [3.63, 3.8) is 0 Å². The van der Waals surface area contributed by atoms with Crippen LogP contribution < -0.4 is 10.1 Å². The number of aromatic nitrogens is 1. The number of likely N-dealkylation sites (N-methyl/N-ethyl adjacent to an activating group) is 1. The van der Waals surface area contributed by atoms with Crippen molar-refractivity contribution in [2.24, 2.45) is 0 Å². The highest BCUT2D eigenvalue weighted by molar-refractivity contribution is 9.10. The summed E-state index contributed by atoms with van der Waals surface area (Å²) in [6.07, 6.45) is 4.19. The molecule has 1 amide bonds. The van der Waals surface area contributed by atoms with Gasteiger partial charge in [0.1, 0.15) is 28.6 Å². The minimum atomic E-state index is -0.376. The van der Waals surface area contributed by atoms with E-state index in [1.54, 1.807) is 18.2 Å². The molecule has 0 saturated carbocycles. The monoisotopic (exact) mass is 470 g/mol. The highest BCUT2D eigenvalue weighted by atomic mass is 79.9. The van der Waals surface area contributed by atoms with E-state index in [9.17, 15) is 10.1 Å². The molecule has 0 atom stereocenters. The Bertz CT molecular complexity index is 889. The van der Waals surface area contributed by atoms with Gasteiger partial charge in [-0.3, -0.25) is 4.79 Å². The lowest BCUT2D eigenvalue weighted by molar-refractivity contribution is -0.117. The SMILES string of the molecule is CN(C)CCOc1ccc(CCCCNC(=O)/C(C#N)=C/c2cccc(Br)n2)cc1. The Labute approximate surface area is 186 Å². The van der Waals surface area contributed by atoms with Gasteiger partial charge >= 0.3 is 0 Å². The fourth-order valence-corrected chi connectivity index (χ4v) is 3.01. The van der Waals surface area contributed by atoms with Gasteiger partial charge in [-0.25, -0.2) is 4.98 Å². The Kier molecular flexibility index (Phi) is 10.1. The average molecular weight is 471 g/mol. The summed E-state index contributed by atoms with van der Waals surface area (Å²) in [4.78, 5) is 18.5. The maximum absolute atomic E-state index is 12.2. The third-order valence-corrected chi connectivity index (χ3v) is 4.74. The summed E-state index contributed by atoms with van der Waals surface area (Å²) in [6.45, 7) is 2.08. The van der Waals surface area contributed by atoms with Crippen LogP contribution in [0.25, 0.3) is 6.08 Å². The Hall–Kier alpha value is -2.69. The molecule has 0 fully saturated rings. The van der Waals surface area contributed by atoms with Crippen LogP contribution in [-0.2, 0) is 11.2 Å². The summed E-state index contributed by atoms with van der Waals surface area (Å²) in [5, 5.41) is 12.1. The predicted octanol–water partition coefficient (Wildman–Crippen LogP) is 3.83. The number of benzene rings is 1. The van der Waals surface area contributed by atoms with E-state index in [-0.39, 0.29) is 11.5 Å². The third-order valence-electron chi connectivity index (χ3n) is 4.30. The number of pyridine rings is 1. The van der Waals surface area contributed by atoms with Gasteiger partial charge in [0.15, 0.2) is 0 Å². The first-order valence-corrected chi connectivity index (χ1v) is 10.7. The van der Waals surface area contributed by atoms with Crippen LogP contribution >= 0.6 is 15.9 Å². The maximum Gasteiger partial charge on any atom is 0.262 e. The fourth-order valence-electron chi connectivity index (χ4n) is 2.65. The van der Waals surface area contributed by atoms with E-state index in [0.29, 0.717) is 23.4 Å². The van der Waals surface area contributed by atoms with Crippen LogP contribution in [0.5, 0.6) is 5.75 Å². The second-order valence-corrected chi connectivity index (χ2v) is 7.88. The number of aryl methyl sites for hydroxylation is 1. The molecule has 0 aliphatic heterocycles. The van der Waals surface area contributed by atoms with Crippen LogP contribution in [0.1, 0.15) is 24.1 Å². The maximum atomic E-state index is 12.2. The van der Waals surface area contributed by atoms with Gasteiger partial charge in [-0.15, -0.1) is 0 Å². The number of unbranched alkanes of at least 4 members (excludes halogenated alkanes) is 1. The van der Waals surface area contributed by atoms with Crippen LogP contribution in [0, 0.1) is 11.3 Å². The van der Waals surface area contributed by atoms with E-state index < -0.39 is 0 Å². The molecule has 2 rings (SSSR count). The molecule has 0 spiro atoms. The summed E-state index contributed by atoms with van der Waals surface area (Å²) in [7, 11) is 4.04. The first kappa shape index (κ1) is 23.6. The fraction of sp³-hybridized carbons (Fsp3) is 0.348. The molecule has 0 saturated heterocycles. The first-order valence-electron chi connectivity index (χ1n) is 9.87. The number of hydrogen-bond donors (Lipinski definition) is 1. The standard InChI is InChI=1S/C23H27BrN4O2/c1-28(2)14-15-30-21-11-9-18(10-12-21)6-3-4-13-26-23(29)19(17-25)16-20-7-5-8-22(24)27-20/h5,7-12,16H,3-4,6,13-15H2,1-2H3,(H,26,29)/b19-16+. The molecule has 158 valence electrons. The van der Waals surface area contributed by atoms with E-state index in [1.165, 1.54) is 11.6 Å². The molecule has 0 radical (unpaired) electrons. The zero-order valence-corrected chi connectivity index (χ0v) is 19.0. The van der Waals surface area contributed by atoms with Crippen molar-refractivity contribution >= 4 is 27.9 Å². The van der Waals surface area contributed by atoms with Crippen molar-refractivity contribution in [3.05, 3.63) is 63.9 Å². The van der Waals surface area contributed by atoms with E-state index in [2.05, 4.69) is 43.3 Å². The number of nitrogens with zero attached hydrogens (tertiary/aromatic N) is 3. The van der Waals surface area contributed by atoms with Crippen molar-refractivity contribution in [2.45, 2.75) is 19.3 Å². The van der Waals surface area contributed by atoms with Crippen molar-refractivity contribution in [3.8, 4) is 11.8 Å². The van der Waals surface area contributed by atoms with Gasteiger partial charge in [0.2, 0.25) is 0 Å². The van der Waals surface area contributed by atoms with Gasteiger partial charge in [-0.05, 0) is 85.2 Å². The molecule has 0 bridgehead atoms. The summed E-state index contributed by atoms with van der Waals surface area (Å²) >= 11 is 3.28. The number of amides is 1. The number of carbonyl (C=O) groups excluding carboxylic acids is 1. The molecule has 7 heteroatoms. The van der Waals surface area contributed by atoms with E-state index in [1.807, 2.05) is 32.3 Å². The minimum Gasteiger partial charge on any atom is -0.492 e.